The monoisotopic (exact) mass is 476 g/mol. The van der Waals surface area contributed by atoms with Gasteiger partial charge in [-0.05, 0) is 67.1 Å². The molecule has 0 heterocycles. The van der Waals surface area contributed by atoms with Crippen molar-refractivity contribution >= 4 is 44.9 Å². The normalized spacial score (nSPS) is 11.0. The Kier molecular flexibility index (Phi) is 7.12. The Morgan fingerprint density at radius 3 is 2.38 bits per heavy atom. The van der Waals surface area contributed by atoms with Gasteiger partial charge in [0, 0.05) is 10.7 Å². The van der Waals surface area contributed by atoms with Gasteiger partial charge in [-0.2, -0.15) is 0 Å². The highest BCUT2D eigenvalue weighted by Crippen LogP contribution is 2.22. The molecule has 0 aliphatic rings. The maximum absolute atomic E-state index is 13.1. The molecule has 0 unspecified atom stereocenters. The molecule has 32 heavy (non-hydrogen) atoms. The minimum absolute atomic E-state index is 0.0456. The Labute approximate surface area is 189 Å². The Hall–Kier alpha value is -3.43. The summed E-state index contributed by atoms with van der Waals surface area (Å²) in [5.41, 5.74) is 1.12. The highest BCUT2D eigenvalue weighted by molar-refractivity contribution is 7.92. The van der Waals surface area contributed by atoms with Crippen LogP contribution in [0.15, 0.2) is 71.6 Å². The van der Waals surface area contributed by atoms with E-state index in [1.807, 2.05) is 0 Å². The number of amides is 1. The second-order valence-corrected chi connectivity index (χ2v) is 8.81. The number of ether oxygens (including phenoxy) is 1. The number of esters is 1. The van der Waals surface area contributed by atoms with Crippen LogP contribution in [0, 0.1) is 12.7 Å². The van der Waals surface area contributed by atoms with Gasteiger partial charge in [-0.1, -0.05) is 23.7 Å². The zero-order valence-corrected chi connectivity index (χ0v) is 18.3. The molecule has 1 amide bonds. The lowest BCUT2D eigenvalue weighted by Crippen LogP contribution is -2.22. The molecule has 0 bridgehead atoms. The lowest BCUT2D eigenvalue weighted by Gasteiger charge is -2.13. The van der Waals surface area contributed by atoms with Crippen LogP contribution in [0.1, 0.15) is 15.9 Å². The molecule has 3 aromatic rings. The summed E-state index contributed by atoms with van der Waals surface area (Å²) in [7, 11) is -4.08. The van der Waals surface area contributed by atoms with E-state index < -0.39 is 34.3 Å². The highest BCUT2D eigenvalue weighted by atomic mass is 35.5. The first-order valence-electron chi connectivity index (χ1n) is 9.26. The minimum atomic E-state index is -4.08. The summed E-state index contributed by atoms with van der Waals surface area (Å²) in [4.78, 5) is 24.5. The lowest BCUT2D eigenvalue weighted by atomic mass is 10.2. The van der Waals surface area contributed by atoms with Gasteiger partial charge >= 0.3 is 5.97 Å². The number of halogens is 2. The van der Waals surface area contributed by atoms with Crippen LogP contribution in [0.5, 0.6) is 0 Å². The number of carbonyl (C=O) groups excluding carboxylic acids is 2. The number of rotatable bonds is 7. The molecular weight excluding hydrogens is 459 g/mol. The van der Waals surface area contributed by atoms with Gasteiger partial charge in [0.05, 0.1) is 16.1 Å². The van der Waals surface area contributed by atoms with Gasteiger partial charge in [0.25, 0.3) is 15.9 Å². The third-order valence-corrected chi connectivity index (χ3v) is 5.93. The van der Waals surface area contributed by atoms with Gasteiger partial charge in [0.15, 0.2) is 6.61 Å². The van der Waals surface area contributed by atoms with Gasteiger partial charge in [-0.3, -0.25) is 9.52 Å². The van der Waals surface area contributed by atoms with Crippen molar-refractivity contribution < 1.29 is 27.1 Å². The highest BCUT2D eigenvalue weighted by Gasteiger charge is 2.20. The molecule has 166 valence electrons. The molecule has 10 heteroatoms. The average molecular weight is 477 g/mol. The first-order chi connectivity index (χ1) is 15.2. The Bertz CT molecular complexity index is 1260. The van der Waals surface area contributed by atoms with Crippen molar-refractivity contribution in [1.82, 2.24) is 0 Å². The molecular formula is C22H18ClFN2O5S. The van der Waals surface area contributed by atoms with Gasteiger partial charge in [0.2, 0.25) is 0 Å². The molecule has 0 radical (unpaired) electrons. The standard InChI is InChI=1S/C22H18ClFN2O5S/c1-14-12-15(23)6-11-19(14)25-21(27)13-31-22(28)18-4-2-3-5-20(18)26-32(29,30)17-9-7-16(24)8-10-17/h2-12,26H,13H2,1H3,(H,25,27). The van der Waals surface area contributed by atoms with Crippen LogP contribution in [0.3, 0.4) is 0 Å². The topological polar surface area (TPSA) is 102 Å². The van der Waals surface area contributed by atoms with Crippen LogP contribution in [-0.4, -0.2) is 26.9 Å². The molecule has 0 atom stereocenters. The van der Waals surface area contributed by atoms with Crippen molar-refractivity contribution in [3.05, 3.63) is 88.7 Å². The molecule has 7 nitrogen and oxygen atoms in total. The number of carbonyl (C=O) groups is 2. The van der Waals surface area contributed by atoms with Crippen LogP contribution in [-0.2, 0) is 19.6 Å². The number of benzene rings is 3. The molecule has 0 spiro atoms. The molecule has 0 aromatic heterocycles. The maximum Gasteiger partial charge on any atom is 0.340 e. The van der Waals surface area contributed by atoms with Crippen molar-refractivity contribution in [2.24, 2.45) is 0 Å². The predicted molar refractivity (Wildman–Crippen MR) is 119 cm³/mol. The molecule has 0 saturated carbocycles. The van der Waals surface area contributed by atoms with Gasteiger partial charge in [0.1, 0.15) is 5.82 Å². The number of hydrogen-bond donors (Lipinski definition) is 2. The minimum Gasteiger partial charge on any atom is -0.452 e. The number of anilines is 2. The van der Waals surface area contributed by atoms with Gasteiger partial charge < -0.3 is 10.1 Å². The fourth-order valence-corrected chi connectivity index (χ4v) is 4.04. The smallest absolute Gasteiger partial charge is 0.340 e. The van der Waals surface area contributed by atoms with E-state index in [4.69, 9.17) is 16.3 Å². The SMILES string of the molecule is Cc1cc(Cl)ccc1NC(=O)COC(=O)c1ccccc1NS(=O)(=O)c1ccc(F)cc1. The van der Waals surface area contributed by atoms with Crippen molar-refractivity contribution in [2.45, 2.75) is 11.8 Å². The number of para-hydroxylation sites is 1. The molecule has 0 fully saturated rings. The van der Waals surface area contributed by atoms with E-state index in [9.17, 15) is 22.4 Å². The zero-order chi connectivity index (χ0) is 23.3. The van der Waals surface area contributed by atoms with E-state index in [0.29, 0.717) is 10.7 Å². The van der Waals surface area contributed by atoms with Gasteiger partial charge in [-0.25, -0.2) is 17.6 Å². The van der Waals surface area contributed by atoms with E-state index in [1.165, 1.54) is 24.3 Å². The Morgan fingerprint density at radius 2 is 1.69 bits per heavy atom. The van der Waals surface area contributed by atoms with Crippen LogP contribution in [0.25, 0.3) is 0 Å². The quantitative estimate of drug-likeness (QED) is 0.493. The zero-order valence-electron chi connectivity index (χ0n) is 16.8. The van der Waals surface area contributed by atoms with E-state index in [2.05, 4.69) is 10.0 Å². The summed E-state index contributed by atoms with van der Waals surface area (Å²) in [6.07, 6.45) is 0. The fraction of sp³-hybridized carbons (Fsp3) is 0.0909. The summed E-state index contributed by atoms with van der Waals surface area (Å²) in [6.45, 7) is 1.18. The maximum atomic E-state index is 13.1. The van der Waals surface area contributed by atoms with Crippen molar-refractivity contribution in [1.29, 1.82) is 0 Å². The van der Waals surface area contributed by atoms with Crippen LogP contribution in [0.4, 0.5) is 15.8 Å². The van der Waals surface area contributed by atoms with Crippen LogP contribution >= 0.6 is 11.6 Å². The summed E-state index contributed by atoms with van der Waals surface area (Å²) in [5.74, 6) is -2.06. The first kappa shape index (κ1) is 23.2. The van der Waals surface area contributed by atoms with E-state index in [-0.39, 0.29) is 16.1 Å². The number of nitrogens with one attached hydrogen (secondary N) is 2. The second kappa shape index (κ2) is 9.80. The van der Waals surface area contributed by atoms with Crippen LogP contribution < -0.4 is 10.0 Å². The van der Waals surface area contributed by atoms with E-state index in [1.54, 1.807) is 25.1 Å². The molecule has 0 aliphatic heterocycles. The van der Waals surface area contributed by atoms with Crippen LogP contribution in [0.2, 0.25) is 5.02 Å². The molecule has 3 aromatic carbocycles. The summed E-state index contributed by atoms with van der Waals surface area (Å²) in [5, 5.41) is 3.13. The largest absolute Gasteiger partial charge is 0.452 e. The number of aryl methyl sites for hydroxylation is 1. The van der Waals surface area contributed by atoms with E-state index in [0.717, 1.165) is 29.8 Å². The van der Waals surface area contributed by atoms with Crippen molar-refractivity contribution in [3.8, 4) is 0 Å². The van der Waals surface area contributed by atoms with Crippen molar-refractivity contribution in [3.63, 3.8) is 0 Å². The Morgan fingerprint density at radius 1 is 1.00 bits per heavy atom. The molecule has 2 N–H and O–H groups in total. The van der Waals surface area contributed by atoms with Gasteiger partial charge in [-0.15, -0.1) is 0 Å². The predicted octanol–water partition coefficient (Wildman–Crippen LogP) is 4.38. The number of sulfonamides is 1. The summed E-state index contributed by atoms with van der Waals surface area (Å²) >= 11 is 5.88. The first-order valence-corrected chi connectivity index (χ1v) is 11.1. The second-order valence-electron chi connectivity index (χ2n) is 6.69. The third kappa shape index (κ3) is 5.83. The molecule has 0 aliphatic carbocycles. The summed E-state index contributed by atoms with van der Waals surface area (Å²) < 4.78 is 45.5. The molecule has 0 saturated heterocycles. The van der Waals surface area contributed by atoms with Crippen molar-refractivity contribution in [2.75, 3.05) is 16.6 Å². The van der Waals surface area contributed by atoms with E-state index >= 15 is 0 Å². The fourth-order valence-electron chi connectivity index (χ4n) is 2.73. The lowest BCUT2D eigenvalue weighted by molar-refractivity contribution is -0.119. The third-order valence-electron chi connectivity index (χ3n) is 4.31. The Balaban J connectivity index is 1.68. The molecule has 3 rings (SSSR count). The average Bonchev–Trinajstić information content (AvgIpc) is 2.74. The summed E-state index contributed by atoms with van der Waals surface area (Å²) in [6, 6.07) is 14.9. The number of hydrogen-bond acceptors (Lipinski definition) is 5.